The number of carboxylic acid groups (broad SMARTS) is 1. The Kier molecular flexibility index (Phi) is 9.97. The highest BCUT2D eigenvalue weighted by molar-refractivity contribution is 5.76. The molecule has 0 bridgehead atoms. The van der Waals surface area contributed by atoms with Gasteiger partial charge in [0, 0.05) is 25.3 Å². The number of unbranched alkanes of at least 4 members (excludes halogenated alkanes) is 1. The average molecular weight is 455 g/mol. The molecule has 1 atom stereocenters. The number of aliphatic carboxylic acids is 1. The van der Waals surface area contributed by atoms with Crippen molar-refractivity contribution in [1.29, 1.82) is 0 Å². The van der Waals surface area contributed by atoms with E-state index >= 15 is 0 Å². The lowest BCUT2D eigenvalue weighted by molar-refractivity contribution is -0.140. The highest BCUT2D eigenvalue weighted by atomic mass is 16.5. The first-order valence-electron chi connectivity index (χ1n) is 11.7. The normalized spacial score (nSPS) is 13.6. The number of fused-ring (bicyclic) bond motifs is 1. The zero-order chi connectivity index (χ0) is 23.3. The summed E-state index contributed by atoms with van der Waals surface area (Å²) in [6.07, 6.45) is 5.91. The number of ether oxygens (including phenoxy) is 1. The van der Waals surface area contributed by atoms with Crippen LogP contribution in [-0.2, 0) is 22.4 Å². The van der Waals surface area contributed by atoms with E-state index in [1.807, 2.05) is 30.3 Å². The zero-order valence-corrected chi connectivity index (χ0v) is 19.0. The molecule has 0 saturated carbocycles. The van der Waals surface area contributed by atoms with Gasteiger partial charge in [-0.3, -0.25) is 9.69 Å². The number of amides is 1. The van der Waals surface area contributed by atoms with E-state index in [1.165, 1.54) is 5.56 Å². The van der Waals surface area contributed by atoms with Crippen molar-refractivity contribution in [1.82, 2.24) is 15.2 Å². The van der Waals surface area contributed by atoms with Crippen LogP contribution in [0.1, 0.15) is 36.9 Å². The predicted molar refractivity (Wildman–Crippen MR) is 128 cm³/mol. The molecule has 3 N–H and O–H groups in total. The van der Waals surface area contributed by atoms with E-state index in [0.717, 1.165) is 62.5 Å². The maximum absolute atomic E-state index is 11.3. The van der Waals surface area contributed by atoms with Crippen LogP contribution in [0.5, 0.6) is 5.75 Å². The maximum atomic E-state index is 11.3. The Morgan fingerprint density at radius 1 is 1.18 bits per heavy atom. The fourth-order valence-electron chi connectivity index (χ4n) is 3.97. The number of aryl methyl sites for hydroxylation is 2. The molecule has 33 heavy (non-hydrogen) atoms. The Morgan fingerprint density at radius 3 is 2.82 bits per heavy atom. The van der Waals surface area contributed by atoms with Gasteiger partial charge >= 0.3 is 5.97 Å². The second-order valence-electron chi connectivity index (χ2n) is 8.26. The summed E-state index contributed by atoms with van der Waals surface area (Å²) in [7, 11) is 0. The van der Waals surface area contributed by atoms with Crippen LogP contribution < -0.4 is 15.4 Å². The SMILES string of the molecule is O=CNC(CCN(CCCCc1ccc2c(n1)NCCC2)CCOc1ccccc1)C(=O)O. The Labute approximate surface area is 195 Å². The van der Waals surface area contributed by atoms with E-state index in [0.29, 0.717) is 32.5 Å². The van der Waals surface area contributed by atoms with Crippen molar-refractivity contribution in [2.24, 2.45) is 0 Å². The number of carbonyl (C=O) groups is 2. The summed E-state index contributed by atoms with van der Waals surface area (Å²) in [5.74, 6) is 0.825. The number of hydrogen-bond acceptors (Lipinski definition) is 6. The van der Waals surface area contributed by atoms with Gasteiger partial charge < -0.3 is 20.5 Å². The highest BCUT2D eigenvalue weighted by Gasteiger charge is 2.18. The Balaban J connectivity index is 1.47. The highest BCUT2D eigenvalue weighted by Crippen LogP contribution is 2.20. The van der Waals surface area contributed by atoms with E-state index in [4.69, 9.17) is 9.72 Å². The number of benzene rings is 1. The van der Waals surface area contributed by atoms with Gasteiger partial charge in [0.15, 0.2) is 0 Å². The van der Waals surface area contributed by atoms with Crippen molar-refractivity contribution >= 4 is 18.2 Å². The van der Waals surface area contributed by atoms with Crippen molar-refractivity contribution in [2.45, 2.75) is 44.6 Å². The molecular formula is C25H34N4O4. The minimum Gasteiger partial charge on any atom is -0.492 e. The molecule has 8 heteroatoms. The monoisotopic (exact) mass is 454 g/mol. The molecule has 2 aromatic rings. The summed E-state index contributed by atoms with van der Waals surface area (Å²) >= 11 is 0. The number of nitrogens with zero attached hydrogens (tertiary/aromatic N) is 2. The first-order valence-corrected chi connectivity index (χ1v) is 11.7. The first-order chi connectivity index (χ1) is 16.2. The van der Waals surface area contributed by atoms with Crippen molar-refractivity contribution in [2.75, 3.05) is 38.1 Å². The first kappa shape index (κ1) is 24.5. The third kappa shape index (κ3) is 8.38. The van der Waals surface area contributed by atoms with Crippen molar-refractivity contribution in [3.63, 3.8) is 0 Å². The second kappa shape index (κ2) is 13.4. The van der Waals surface area contributed by atoms with Gasteiger partial charge in [-0.1, -0.05) is 24.3 Å². The van der Waals surface area contributed by atoms with Gasteiger partial charge in [-0.25, -0.2) is 9.78 Å². The van der Waals surface area contributed by atoms with Gasteiger partial charge in [-0.05, 0) is 68.8 Å². The summed E-state index contributed by atoms with van der Waals surface area (Å²) in [5, 5.41) is 15.1. The molecule has 0 saturated heterocycles. The molecule has 1 amide bonds. The summed E-state index contributed by atoms with van der Waals surface area (Å²) in [4.78, 5) is 29.0. The van der Waals surface area contributed by atoms with Gasteiger partial charge in [0.2, 0.25) is 6.41 Å². The van der Waals surface area contributed by atoms with Crippen LogP contribution in [0, 0.1) is 0 Å². The number of pyridine rings is 1. The smallest absolute Gasteiger partial charge is 0.326 e. The maximum Gasteiger partial charge on any atom is 0.326 e. The predicted octanol–water partition coefficient (Wildman–Crippen LogP) is 2.73. The fraction of sp³-hybridized carbons (Fsp3) is 0.480. The molecule has 3 rings (SSSR count). The molecule has 1 aromatic heterocycles. The molecule has 0 radical (unpaired) electrons. The van der Waals surface area contributed by atoms with Crippen LogP contribution in [0.25, 0.3) is 0 Å². The van der Waals surface area contributed by atoms with Crippen LogP contribution in [0.3, 0.4) is 0 Å². The van der Waals surface area contributed by atoms with Gasteiger partial charge in [0.05, 0.1) is 0 Å². The van der Waals surface area contributed by atoms with E-state index in [2.05, 4.69) is 27.7 Å². The molecule has 0 fully saturated rings. The van der Waals surface area contributed by atoms with E-state index < -0.39 is 12.0 Å². The molecule has 1 unspecified atom stereocenters. The van der Waals surface area contributed by atoms with Gasteiger partial charge in [0.1, 0.15) is 24.2 Å². The molecule has 1 aliphatic rings. The third-order valence-corrected chi connectivity index (χ3v) is 5.83. The lowest BCUT2D eigenvalue weighted by atomic mass is 10.1. The number of anilines is 1. The third-order valence-electron chi connectivity index (χ3n) is 5.83. The number of nitrogens with one attached hydrogen (secondary N) is 2. The van der Waals surface area contributed by atoms with Crippen LogP contribution in [0.2, 0.25) is 0 Å². The summed E-state index contributed by atoms with van der Waals surface area (Å²) < 4.78 is 5.82. The molecule has 2 heterocycles. The van der Waals surface area contributed by atoms with Crippen molar-refractivity contribution in [3.05, 3.63) is 53.7 Å². The van der Waals surface area contributed by atoms with Gasteiger partial charge in [0.25, 0.3) is 0 Å². The largest absolute Gasteiger partial charge is 0.492 e. The molecule has 0 aliphatic carbocycles. The summed E-state index contributed by atoms with van der Waals surface area (Å²) in [6.45, 7) is 3.58. The molecule has 0 spiro atoms. The lowest BCUT2D eigenvalue weighted by Crippen LogP contribution is -2.40. The fourth-order valence-corrected chi connectivity index (χ4v) is 3.97. The van der Waals surface area contributed by atoms with Crippen LogP contribution in [0.15, 0.2) is 42.5 Å². The Morgan fingerprint density at radius 2 is 2.03 bits per heavy atom. The minimum atomic E-state index is -1.02. The summed E-state index contributed by atoms with van der Waals surface area (Å²) in [6, 6.07) is 13.1. The number of para-hydroxylation sites is 1. The Bertz CT molecular complexity index is 878. The van der Waals surface area contributed by atoms with Crippen LogP contribution >= 0.6 is 0 Å². The van der Waals surface area contributed by atoms with E-state index in [9.17, 15) is 14.7 Å². The molecule has 178 valence electrons. The number of hydrogen-bond donors (Lipinski definition) is 3. The molecular weight excluding hydrogens is 420 g/mol. The molecule has 1 aliphatic heterocycles. The second-order valence-corrected chi connectivity index (χ2v) is 8.26. The number of aromatic nitrogens is 1. The van der Waals surface area contributed by atoms with Crippen LogP contribution in [0.4, 0.5) is 5.82 Å². The number of rotatable bonds is 15. The standard InChI is InChI=1S/C25H34N4O4/c30-19-27-23(25(31)32)13-16-29(17-18-33-22-9-2-1-3-10-22)15-5-4-8-21-12-11-20-7-6-14-26-24(20)28-21/h1-3,9-12,19,23H,4-8,13-18H2,(H,26,28)(H,27,30)(H,31,32). The molecule has 8 nitrogen and oxygen atoms in total. The van der Waals surface area contributed by atoms with Crippen molar-refractivity contribution in [3.8, 4) is 5.75 Å². The number of carboxylic acids is 1. The van der Waals surface area contributed by atoms with E-state index in [-0.39, 0.29) is 0 Å². The number of carbonyl (C=O) groups excluding carboxylic acids is 1. The molecule has 1 aromatic carbocycles. The van der Waals surface area contributed by atoms with Crippen LogP contribution in [-0.4, -0.2) is 66.2 Å². The summed E-state index contributed by atoms with van der Waals surface area (Å²) in [5.41, 5.74) is 2.40. The minimum absolute atomic E-state index is 0.345. The average Bonchev–Trinajstić information content (AvgIpc) is 2.84. The lowest BCUT2D eigenvalue weighted by Gasteiger charge is -2.24. The quantitative estimate of drug-likeness (QED) is 0.281. The topological polar surface area (TPSA) is 104 Å². The van der Waals surface area contributed by atoms with Crippen molar-refractivity contribution < 1.29 is 19.4 Å². The van der Waals surface area contributed by atoms with E-state index in [1.54, 1.807) is 0 Å². The van der Waals surface area contributed by atoms with Gasteiger partial charge in [-0.15, -0.1) is 0 Å². The Hall–Kier alpha value is -3.13. The van der Waals surface area contributed by atoms with Gasteiger partial charge in [-0.2, -0.15) is 0 Å². The zero-order valence-electron chi connectivity index (χ0n) is 19.0.